The number of ether oxygens (including phenoxy) is 1. The Labute approximate surface area is 109 Å². The first-order valence-electron chi connectivity index (χ1n) is 6.37. The van der Waals surface area contributed by atoms with E-state index in [1.807, 2.05) is 25.1 Å². The van der Waals surface area contributed by atoms with E-state index in [0.29, 0.717) is 26.2 Å². The fourth-order valence-electron chi connectivity index (χ4n) is 1.71. The second-order valence-electron chi connectivity index (χ2n) is 4.04. The molecular weight excluding hydrogens is 228 g/mol. The van der Waals surface area contributed by atoms with E-state index in [0.717, 1.165) is 6.42 Å². The highest BCUT2D eigenvalue weighted by molar-refractivity contribution is 5.77. The van der Waals surface area contributed by atoms with Crippen LogP contribution in [0.2, 0.25) is 0 Å². The fourth-order valence-corrected chi connectivity index (χ4v) is 1.71. The molecule has 0 atom stereocenters. The first kappa shape index (κ1) is 14.7. The van der Waals surface area contributed by atoms with Gasteiger partial charge in [-0.2, -0.15) is 0 Å². The second-order valence-corrected chi connectivity index (χ2v) is 4.04. The fraction of sp³-hybridized carbons (Fsp3) is 0.500. The summed E-state index contributed by atoms with van der Waals surface area (Å²) in [7, 11) is 0. The van der Waals surface area contributed by atoms with Gasteiger partial charge in [-0.25, -0.2) is 0 Å². The molecule has 0 saturated carbocycles. The first-order valence-corrected chi connectivity index (χ1v) is 6.37. The number of hydrogen-bond acceptors (Lipinski definition) is 3. The van der Waals surface area contributed by atoms with Gasteiger partial charge in [0.05, 0.1) is 0 Å². The largest absolute Gasteiger partial charge is 0.372 e. The number of rotatable bonds is 8. The van der Waals surface area contributed by atoms with E-state index in [-0.39, 0.29) is 12.5 Å². The molecule has 0 spiro atoms. The summed E-state index contributed by atoms with van der Waals surface area (Å²) in [5, 5.41) is 0. The third-order valence-electron chi connectivity index (χ3n) is 2.69. The van der Waals surface area contributed by atoms with E-state index in [4.69, 9.17) is 10.5 Å². The zero-order valence-electron chi connectivity index (χ0n) is 11.0. The van der Waals surface area contributed by atoms with Crippen LogP contribution in [0.4, 0.5) is 0 Å². The molecule has 0 unspecified atom stereocenters. The summed E-state index contributed by atoms with van der Waals surface area (Å²) in [6, 6.07) is 10.1. The number of benzene rings is 1. The van der Waals surface area contributed by atoms with E-state index >= 15 is 0 Å². The van der Waals surface area contributed by atoms with Crippen LogP contribution in [0.25, 0.3) is 0 Å². The topological polar surface area (TPSA) is 55.6 Å². The van der Waals surface area contributed by atoms with Crippen molar-refractivity contribution in [2.45, 2.75) is 13.3 Å². The van der Waals surface area contributed by atoms with Crippen molar-refractivity contribution in [2.24, 2.45) is 5.73 Å². The molecule has 0 heterocycles. The van der Waals surface area contributed by atoms with Gasteiger partial charge < -0.3 is 15.4 Å². The molecule has 0 aliphatic carbocycles. The molecule has 0 saturated heterocycles. The first-order chi connectivity index (χ1) is 8.77. The number of carbonyl (C=O) groups excluding carboxylic acids is 1. The van der Waals surface area contributed by atoms with Crippen LogP contribution in [0.1, 0.15) is 12.5 Å². The lowest BCUT2D eigenvalue weighted by Crippen LogP contribution is -2.39. The Kier molecular flexibility index (Phi) is 7.06. The third-order valence-corrected chi connectivity index (χ3v) is 2.69. The number of hydrogen-bond donors (Lipinski definition) is 1. The predicted molar refractivity (Wildman–Crippen MR) is 72.3 cm³/mol. The van der Waals surface area contributed by atoms with E-state index in [1.54, 1.807) is 4.90 Å². The average Bonchev–Trinajstić information content (AvgIpc) is 2.42. The third kappa shape index (κ3) is 5.29. The van der Waals surface area contributed by atoms with Gasteiger partial charge in [-0.15, -0.1) is 0 Å². The summed E-state index contributed by atoms with van der Waals surface area (Å²) in [5.41, 5.74) is 6.76. The van der Waals surface area contributed by atoms with Crippen molar-refractivity contribution in [1.29, 1.82) is 0 Å². The summed E-state index contributed by atoms with van der Waals surface area (Å²) in [6.45, 7) is 4.33. The number of carbonyl (C=O) groups is 1. The summed E-state index contributed by atoms with van der Waals surface area (Å²) >= 11 is 0. The number of nitrogens with two attached hydrogens (primary N) is 1. The minimum absolute atomic E-state index is 0.0123. The van der Waals surface area contributed by atoms with E-state index in [1.165, 1.54) is 5.56 Å². The summed E-state index contributed by atoms with van der Waals surface area (Å²) in [5.74, 6) is 0.0123. The standard InChI is InChI=1S/C14H22N2O2/c1-2-18-12-14(17)16(11-9-15)10-8-13-6-4-3-5-7-13/h3-7H,2,8-12,15H2,1H3. The molecule has 0 aliphatic rings. The molecule has 0 aliphatic heterocycles. The van der Waals surface area contributed by atoms with Crippen molar-refractivity contribution in [1.82, 2.24) is 4.90 Å². The Bertz CT molecular complexity index is 341. The van der Waals surface area contributed by atoms with Gasteiger partial charge in [-0.3, -0.25) is 4.79 Å². The van der Waals surface area contributed by atoms with Gasteiger partial charge in [-0.1, -0.05) is 30.3 Å². The maximum atomic E-state index is 11.9. The minimum Gasteiger partial charge on any atom is -0.372 e. The Hall–Kier alpha value is -1.39. The molecule has 100 valence electrons. The van der Waals surface area contributed by atoms with Gasteiger partial charge in [0.2, 0.25) is 5.91 Å². The van der Waals surface area contributed by atoms with Gasteiger partial charge in [0.1, 0.15) is 6.61 Å². The Morgan fingerprint density at radius 1 is 1.28 bits per heavy atom. The summed E-state index contributed by atoms with van der Waals surface area (Å²) < 4.78 is 5.14. The van der Waals surface area contributed by atoms with Crippen LogP contribution in [0.15, 0.2) is 30.3 Å². The highest BCUT2D eigenvalue weighted by Crippen LogP contribution is 2.02. The summed E-state index contributed by atoms with van der Waals surface area (Å²) in [4.78, 5) is 13.6. The number of nitrogens with zero attached hydrogens (tertiary/aromatic N) is 1. The lowest BCUT2D eigenvalue weighted by molar-refractivity contribution is -0.135. The molecule has 1 aromatic rings. The molecule has 0 aromatic heterocycles. The molecule has 1 rings (SSSR count). The molecule has 1 aromatic carbocycles. The highest BCUT2D eigenvalue weighted by Gasteiger charge is 2.12. The zero-order valence-corrected chi connectivity index (χ0v) is 11.0. The van der Waals surface area contributed by atoms with Gasteiger partial charge in [0.15, 0.2) is 0 Å². The summed E-state index contributed by atoms with van der Waals surface area (Å²) in [6.07, 6.45) is 0.846. The van der Waals surface area contributed by atoms with Crippen LogP contribution in [-0.4, -0.2) is 43.7 Å². The maximum Gasteiger partial charge on any atom is 0.248 e. The molecule has 1 amide bonds. The van der Waals surface area contributed by atoms with E-state index in [9.17, 15) is 4.79 Å². The smallest absolute Gasteiger partial charge is 0.248 e. The molecule has 4 nitrogen and oxygen atoms in total. The monoisotopic (exact) mass is 250 g/mol. The van der Waals surface area contributed by atoms with Crippen molar-refractivity contribution in [3.05, 3.63) is 35.9 Å². The van der Waals surface area contributed by atoms with Gasteiger partial charge in [0.25, 0.3) is 0 Å². The normalized spacial score (nSPS) is 10.3. The van der Waals surface area contributed by atoms with Gasteiger partial charge >= 0.3 is 0 Å². The molecule has 4 heteroatoms. The van der Waals surface area contributed by atoms with Crippen LogP contribution >= 0.6 is 0 Å². The Balaban J connectivity index is 2.44. The Morgan fingerprint density at radius 2 is 2.00 bits per heavy atom. The second kappa shape index (κ2) is 8.66. The van der Waals surface area contributed by atoms with Gasteiger partial charge in [0, 0.05) is 26.2 Å². The zero-order chi connectivity index (χ0) is 13.2. The van der Waals surface area contributed by atoms with Crippen molar-refractivity contribution >= 4 is 5.91 Å². The van der Waals surface area contributed by atoms with Crippen LogP contribution in [0, 0.1) is 0 Å². The lowest BCUT2D eigenvalue weighted by atomic mass is 10.1. The quantitative estimate of drug-likeness (QED) is 0.750. The highest BCUT2D eigenvalue weighted by atomic mass is 16.5. The van der Waals surface area contributed by atoms with Crippen molar-refractivity contribution in [2.75, 3.05) is 32.8 Å². The Morgan fingerprint density at radius 3 is 2.61 bits per heavy atom. The maximum absolute atomic E-state index is 11.9. The molecular formula is C14H22N2O2. The molecule has 0 bridgehead atoms. The number of amides is 1. The van der Waals surface area contributed by atoms with Crippen molar-refractivity contribution in [3.63, 3.8) is 0 Å². The van der Waals surface area contributed by atoms with Crippen LogP contribution in [0.3, 0.4) is 0 Å². The molecule has 2 N–H and O–H groups in total. The van der Waals surface area contributed by atoms with Gasteiger partial charge in [-0.05, 0) is 18.9 Å². The minimum atomic E-state index is 0.0123. The molecule has 0 fully saturated rings. The van der Waals surface area contributed by atoms with E-state index in [2.05, 4.69) is 12.1 Å². The van der Waals surface area contributed by atoms with Crippen molar-refractivity contribution in [3.8, 4) is 0 Å². The molecule has 0 radical (unpaired) electrons. The van der Waals surface area contributed by atoms with Crippen LogP contribution in [0.5, 0.6) is 0 Å². The molecule has 18 heavy (non-hydrogen) atoms. The van der Waals surface area contributed by atoms with E-state index < -0.39 is 0 Å². The van der Waals surface area contributed by atoms with Crippen molar-refractivity contribution < 1.29 is 9.53 Å². The average molecular weight is 250 g/mol. The van der Waals surface area contributed by atoms with Crippen LogP contribution in [-0.2, 0) is 16.0 Å². The van der Waals surface area contributed by atoms with Crippen LogP contribution < -0.4 is 5.73 Å². The SMILES string of the molecule is CCOCC(=O)N(CCN)CCc1ccccc1. The lowest BCUT2D eigenvalue weighted by Gasteiger charge is -2.22. The predicted octanol–water partition coefficient (Wildman–Crippen LogP) is 1.05.